The largest absolute Gasteiger partial charge is 0.469 e. The maximum absolute atomic E-state index is 13.5. The maximum atomic E-state index is 13.5. The van der Waals surface area contributed by atoms with Crippen LogP contribution < -0.4 is 10.6 Å². The molecular weight excluding hydrogens is 432 g/mol. The summed E-state index contributed by atoms with van der Waals surface area (Å²) in [4.78, 5) is 50.2. The minimum absolute atomic E-state index is 0.0120. The van der Waals surface area contributed by atoms with Gasteiger partial charge in [0.2, 0.25) is 11.8 Å². The van der Waals surface area contributed by atoms with Gasteiger partial charge in [0.1, 0.15) is 12.1 Å². The number of hydrogen-bond donors (Lipinski definition) is 2. The Hall–Kier alpha value is -1.77. The maximum Gasteiger partial charge on any atom is 0.328 e. The number of hydrogen-bond acceptors (Lipinski definition) is 7. The first-order valence-corrected chi connectivity index (χ1v) is 12.9. The predicted octanol–water partition coefficient (Wildman–Crippen LogP) is 2.05. The van der Waals surface area contributed by atoms with Crippen molar-refractivity contribution in [3.05, 3.63) is 0 Å². The van der Waals surface area contributed by atoms with Gasteiger partial charge in [0.25, 0.3) is 0 Å². The summed E-state index contributed by atoms with van der Waals surface area (Å²) in [5.41, 5.74) is -0.348. The molecule has 0 aliphatic heterocycles. The molecule has 4 fully saturated rings. The molecule has 8 nitrogen and oxygen atoms in total. The molecule has 0 unspecified atom stereocenters. The second-order valence-electron chi connectivity index (χ2n) is 9.70. The van der Waals surface area contributed by atoms with E-state index < -0.39 is 29.9 Å². The molecule has 0 aromatic rings. The number of amides is 2. The van der Waals surface area contributed by atoms with Crippen LogP contribution in [0.25, 0.3) is 0 Å². The van der Waals surface area contributed by atoms with Crippen LogP contribution >= 0.6 is 11.8 Å². The van der Waals surface area contributed by atoms with E-state index in [2.05, 4.69) is 15.4 Å². The zero-order valence-electron chi connectivity index (χ0n) is 19.3. The molecule has 4 saturated carbocycles. The van der Waals surface area contributed by atoms with Gasteiger partial charge in [-0.3, -0.25) is 14.4 Å². The Morgan fingerprint density at radius 3 is 2.00 bits per heavy atom. The van der Waals surface area contributed by atoms with Crippen molar-refractivity contribution in [2.45, 2.75) is 69.9 Å². The highest BCUT2D eigenvalue weighted by molar-refractivity contribution is 7.98. The second kappa shape index (κ2) is 10.9. The Morgan fingerprint density at radius 2 is 1.50 bits per heavy atom. The molecule has 9 heteroatoms. The van der Waals surface area contributed by atoms with Gasteiger partial charge in [0, 0.05) is 11.8 Å². The number of rotatable bonds is 11. The number of carbonyl (C=O) groups is 4. The molecule has 2 atom stereocenters. The van der Waals surface area contributed by atoms with Gasteiger partial charge in [-0.25, -0.2) is 4.79 Å². The fourth-order valence-corrected chi connectivity index (χ4v) is 6.70. The van der Waals surface area contributed by atoms with E-state index in [0.717, 1.165) is 19.3 Å². The highest BCUT2D eigenvalue weighted by Gasteiger charge is 2.55. The summed E-state index contributed by atoms with van der Waals surface area (Å²) in [5, 5.41) is 5.73. The molecule has 0 heterocycles. The number of thioether (sulfide) groups is 1. The van der Waals surface area contributed by atoms with Crippen LogP contribution in [-0.4, -0.2) is 62.1 Å². The summed E-state index contributed by atoms with van der Waals surface area (Å²) in [6.45, 7) is 0. The highest BCUT2D eigenvalue weighted by atomic mass is 32.2. The average Bonchev–Trinajstić information content (AvgIpc) is 2.77. The van der Waals surface area contributed by atoms with Crippen LogP contribution in [0.15, 0.2) is 0 Å². The van der Waals surface area contributed by atoms with E-state index in [-0.39, 0.29) is 24.2 Å². The van der Waals surface area contributed by atoms with Gasteiger partial charge in [0.15, 0.2) is 0 Å². The molecule has 4 aliphatic rings. The third-order valence-electron chi connectivity index (χ3n) is 7.42. The molecule has 32 heavy (non-hydrogen) atoms. The van der Waals surface area contributed by atoms with Gasteiger partial charge < -0.3 is 20.1 Å². The minimum atomic E-state index is -0.972. The third kappa shape index (κ3) is 5.77. The lowest BCUT2D eigenvalue weighted by atomic mass is 9.49. The molecular formula is C23H36N2O6S. The minimum Gasteiger partial charge on any atom is -0.469 e. The molecule has 4 aliphatic carbocycles. The monoisotopic (exact) mass is 468 g/mol. The molecule has 2 amide bonds. The fourth-order valence-electron chi connectivity index (χ4n) is 6.23. The summed E-state index contributed by atoms with van der Waals surface area (Å²) >= 11 is 1.60. The van der Waals surface area contributed by atoms with Crippen molar-refractivity contribution in [2.24, 2.45) is 23.2 Å². The number of methoxy groups -OCH3 is 2. The van der Waals surface area contributed by atoms with Gasteiger partial charge in [-0.2, -0.15) is 11.8 Å². The van der Waals surface area contributed by atoms with Crippen molar-refractivity contribution in [1.82, 2.24) is 10.6 Å². The molecule has 0 saturated heterocycles. The SMILES string of the molecule is COC(=O)CC[C@H](NC(=O)[C@H](CCSC)NC(=O)C12CC3CC(CC(C3)C1)C2)C(=O)OC. The lowest BCUT2D eigenvalue weighted by Crippen LogP contribution is -2.58. The Balaban J connectivity index is 1.66. The number of nitrogens with one attached hydrogen (secondary N) is 2. The zero-order valence-corrected chi connectivity index (χ0v) is 20.1. The normalized spacial score (nSPS) is 29.7. The van der Waals surface area contributed by atoms with Crippen molar-refractivity contribution in [3.63, 3.8) is 0 Å². The van der Waals surface area contributed by atoms with Crippen molar-refractivity contribution in [2.75, 3.05) is 26.2 Å². The van der Waals surface area contributed by atoms with Crippen molar-refractivity contribution in [1.29, 1.82) is 0 Å². The number of carbonyl (C=O) groups excluding carboxylic acids is 4. The van der Waals surface area contributed by atoms with Gasteiger partial charge in [-0.15, -0.1) is 0 Å². The van der Waals surface area contributed by atoms with Crippen LogP contribution in [0.3, 0.4) is 0 Å². The molecule has 180 valence electrons. The Morgan fingerprint density at radius 1 is 0.906 bits per heavy atom. The predicted molar refractivity (Wildman–Crippen MR) is 121 cm³/mol. The standard InChI is InChI=1S/C23H36N2O6S/c1-30-19(26)5-4-18(21(28)31-2)24-20(27)17(6-7-32-3)25-22(29)23-11-14-8-15(12-23)10-16(9-14)13-23/h14-18H,4-13H2,1-3H3,(H,24,27)(H,25,29)/t14?,15?,16?,17-,18-,23?/m0/s1. The smallest absolute Gasteiger partial charge is 0.328 e. The first-order chi connectivity index (χ1) is 15.3. The molecule has 0 aromatic heterocycles. The van der Waals surface area contributed by atoms with Crippen LogP contribution in [0.2, 0.25) is 0 Å². The number of esters is 2. The van der Waals surface area contributed by atoms with E-state index >= 15 is 0 Å². The molecule has 0 aromatic carbocycles. The topological polar surface area (TPSA) is 111 Å². The Kier molecular flexibility index (Phi) is 8.47. The van der Waals surface area contributed by atoms with Crippen LogP contribution in [0.5, 0.6) is 0 Å². The Bertz CT molecular complexity index is 692. The van der Waals surface area contributed by atoms with Gasteiger partial charge in [0.05, 0.1) is 14.2 Å². The van der Waals surface area contributed by atoms with Gasteiger partial charge in [-0.1, -0.05) is 0 Å². The van der Waals surface area contributed by atoms with Crippen molar-refractivity contribution >= 4 is 35.5 Å². The van der Waals surface area contributed by atoms with Crippen LogP contribution in [0.4, 0.5) is 0 Å². The second-order valence-corrected chi connectivity index (χ2v) is 10.7. The van der Waals surface area contributed by atoms with E-state index in [9.17, 15) is 19.2 Å². The highest BCUT2D eigenvalue weighted by Crippen LogP contribution is 2.60. The van der Waals surface area contributed by atoms with E-state index in [1.54, 1.807) is 11.8 Å². The molecule has 4 rings (SSSR count). The molecule has 0 spiro atoms. The van der Waals surface area contributed by atoms with Crippen molar-refractivity contribution < 1.29 is 28.7 Å². The summed E-state index contributed by atoms with van der Waals surface area (Å²) in [6, 6.07) is -1.70. The van der Waals surface area contributed by atoms with E-state index in [1.807, 2.05) is 6.26 Å². The van der Waals surface area contributed by atoms with E-state index in [0.29, 0.717) is 29.9 Å². The van der Waals surface area contributed by atoms with Crippen LogP contribution in [0, 0.1) is 23.2 Å². The summed E-state index contributed by atoms with van der Waals surface area (Å²) in [6.07, 6.45) is 8.95. The number of ether oxygens (including phenoxy) is 2. The quantitative estimate of drug-likeness (QED) is 0.447. The molecule has 0 radical (unpaired) electrons. The van der Waals surface area contributed by atoms with E-state index in [1.165, 1.54) is 33.5 Å². The third-order valence-corrected chi connectivity index (χ3v) is 8.06. The summed E-state index contributed by atoms with van der Waals surface area (Å²) in [5.74, 6) is 1.07. The zero-order chi connectivity index (χ0) is 23.3. The fraction of sp³-hybridized carbons (Fsp3) is 0.826. The van der Waals surface area contributed by atoms with Gasteiger partial charge in [-0.05, 0) is 81.1 Å². The van der Waals surface area contributed by atoms with E-state index in [4.69, 9.17) is 4.74 Å². The van der Waals surface area contributed by atoms with Crippen LogP contribution in [0.1, 0.15) is 57.8 Å². The lowest BCUT2D eigenvalue weighted by Gasteiger charge is -2.55. The molecule has 4 bridgehead atoms. The average molecular weight is 469 g/mol. The van der Waals surface area contributed by atoms with Gasteiger partial charge >= 0.3 is 11.9 Å². The summed E-state index contributed by atoms with van der Waals surface area (Å²) < 4.78 is 9.41. The first-order valence-electron chi connectivity index (χ1n) is 11.5. The van der Waals surface area contributed by atoms with Crippen LogP contribution in [-0.2, 0) is 28.7 Å². The Labute approximate surface area is 194 Å². The first kappa shape index (κ1) is 24.9. The lowest BCUT2D eigenvalue weighted by molar-refractivity contribution is -0.149. The summed E-state index contributed by atoms with van der Waals surface area (Å²) in [7, 11) is 2.51. The molecule has 2 N–H and O–H groups in total. The van der Waals surface area contributed by atoms with Crippen molar-refractivity contribution in [3.8, 4) is 0 Å².